The van der Waals surface area contributed by atoms with Gasteiger partial charge in [0.05, 0.1) is 36.4 Å². The number of carbonyl (C=O) groups is 1. The second-order valence-electron chi connectivity index (χ2n) is 15.0. The van der Waals surface area contributed by atoms with E-state index in [1.54, 1.807) is 0 Å². The molecule has 4 aliphatic carbocycles. The molecular formula is C32H50O11. The van der Waals surface area contributed by atoms with Crippen LogP contribution in [-0.2, 0) is 23.7 Å². The van der Waals surface area contributed by atoms with Gasteiger partial charge >= 0.3 is 5.97 Å². The first-order valence-electron chi connectivity index (χ1n) is 16.1. The molecule has 2 bridgehead atoms. The Morgan fingerprint density at radius 3 is 2.12 bits per heavy atom. The molecule has 14 atom stereocenters. The second kappa shape index (κ2) is 11.3. The highest BCUT2D eigenvalue weighted by Crippen LogP contribution is 2.73. The van der Waals surface area contributed by atoms with E-state index in [-0.39, 0.29) is 36.2 Å². The SMILES string of the molecule is C=C1C[C@@]23CCC4[C@](C)(C(=O)OC5OC(CO)C(O)CC5O)CCC[C@@]4(C)[C@@H]2CC[C@]1(OC1OC(CO)C(O)CC1O)C3. The summed E-state index contributed by atoms with van der Waals surface area (Å²) in [4.78, 5) is 13.9. The minimum Gasteiger partial charge on any atom is -0.432 e. The van der Waals surface area contributed by atoms with Crippen molar-refractivity contribution in [1.29, 1.82) is 0 Å². The molecule has 2 saturated heterocycles. The average molecular weight is 611 g/mol. The van der Waals surface area contributed by atoms with Crippen molar-refractivity contribution >= 4 is 5.97 Å². The molecule has 2 aliphatic heterocycles. The standard InChI is InChI=1S/C32H50O11/c1-17-13-31-9-5-24-29(2,7-4-8-30(24,3)28(39)42-26-20(37)11-18(35)22(14-33)40-26)25(31)6-10-32(17,16-31)43-27-21(38)12-19(36)23(15-34)41-27/h18-27,33-38H,1,4-16H2,2-3H3/t18?,19?,20?,21?,22?,23?,24?,25-,26?,27?,29+,30+,31+,32-/m0/s1. The Bertz CT molecular complexity index is 1090. The molecule has 6 rings (SSSR count). The molecule has 11 heteroatoms. The number of esters is 1. The van der Waals surface area contributed by atoms with Crippen LogP contribution in [0.3, 0.4) is 0 Å². The maximum Gasteiger partial charge on any atom is 0.314 e. The molecular weight excluding hydrogens is 560 g/mol. The van der Waals surface area contributed by atoms with Crippen LogP contribution in [0.2, 0.25) is 0 Å². The first-order chi connectivity index (χ1) is 20.3. The summed E-state index contributed by atoms with van der Waals surface area (Å²) in [6.45, 7) is 7.99. The predicted molar refractivity (Wildman–Crippen MR) is 151 cm³/mol. The lowest BCUT2D eigenvalue weighted by Gasteiger charge is -2.64. The Labute approximate surface area is 253 Å². The largest absolute Gasteiger partial charge is 0.432 e. The van der Waals surface area contributed by atoms with Gasteiger partial charge in [-0.25, -0.2) is 0 Å². The molecule has 9 unspecified atom stereocenters. The van der Waals surface area contributed by atoms with E-state index >= 15 is 0 Å². The van der Waals surface area contributed by atoms with Crippen molar-refractivity contribution in [3.8, 4) is 0 Å². The molecule has 0 aromatic heterocycles. The van der Waals surface area contributed by atoms with Gasteiger partial charge in [0, 0.05) is 12.8 Å². The molecule has 6 aliphatic rings. The molecule has 0 aromatic carbocycles. The van der Waals surface area contributed by atoms with Gasteiger partial charge < -0.3 is 49.6 Å². The van der Waals surface area contributed by atoms with Crippen molar-refractivity contribution in [2.24, 2.45) is 28.1 Å². The monoisotopic (exact) mass is 610 g/mol. The smallest absolute Gasteiger partial charge is 0.314 e. The number of fused-ring (bicyclic) bond motifs is 3. The highest BCUT2D eigenvalue weighted by atomic mass is 16.7. The first-order valence-corrected chi connectivity index (χ1v) is 16.1. The third-order valence-corrected chi connectivity index (χ3v) is 12.6. The van der Waals surface area contributed by atoms with Crippen LogP contribution in [-0.4, -0.2) is 105 Å². The van der Waals surface area contributed by atoms with E-state index in [1.165, 1.54) is 0 Å². The van der Waals surface area contributed by atoms with Gasteiger partial charge in [-0.2, -0.15) is 0 Å². The summed E-state index contributed by atoms with van der Waals surface area (Å²) in [5.74, 6) is -0.00361. The zero-order chi connectivity index (χ0) is 30.9. The first kappa shape index (κ1) is 31.8. The molecule has 0 amide bonds. The van der Waals surface area contributed by atoms with Crippen LogP contribution in [0, 0.1) is 28.1 Å². The fourth-order valence-corrected chi connectivity index (χ4v) is 10.5. The van der Waals surface area contributed by atoms with Crippen molar-refractivity contribution < 1.29 is 54.4 Å². The van der Waals surface area contributed by atoms with Crippen LogP contribution < -0.4 is 0 Å². The summed E-state index contributed by atoms with van der Waals surface area (Å²) >= 11 is 0. The normalized spacial score (nSPS) is 53.2. The lowest BCUT2D eigenvalue weighted by Crippen LogP contribution is -2.60. The van der Waals surface area contributed by atoms with E-state index in [2.05, 4.69) is 13.5 Å². The van der Waals surface area contributed by atoms with Crippen LogP contribution in [0.5, 0.6) is 0 Å². The number of hydrogen-bond acceptors (Lipinski definition) is 11. The highest BCUT2D eigenvalue weighted by molar-refractivity contribution is 5.77. The number of carbonyl (C=O) groups excluding carboxylic acids is 1. The zero-order valence-corrected chi connectivity index (χ0v) is 25.4. The van der Waals surface area contributed by atoms with Crippen LogP contribution >= 0.6 is 0 Å². The average Bonchev–Trinajstić information content (AvgIpc) is 3.15. The maximum atomic E-state index is 13.9. The fraction of sp³-hybridized carbons (Fsp3) is 0.906. The molecule has 4 saturated carbocycles. The Morgan fingerprint density at radius 1 is 0.860 bits per heavy atom. The highest BCUT2D eigenvalue weighted by Gasteiger charge is 2.69. The number of hydrogen-bond donors (Lipinski definition) is 6. The molecule has 0 aromatic rings. The van der Waals surface area contributed by atoms with E-state index in [9.17, 15) is 35.4 Å². The molecule has 2 heterocycles. The van der Waals surface area contributed by atoms with Gasteiger partial charge in [0.15, 0.2) is 6.29 Å². The van der Waals surface area contributed by atoms with Gasteiger partial charge in [-0.05, 0) is 86.5 Å². The summed E-state index contributed by atoms with van der Waals surface area (Å²) in [5, 5.41) is 60.6. The van der Waals surface area contributed by atoms with E-state index < -0.39 is 72.8 Å². The van der Waals surface area contributed by atoms with Gasteiger partial charge in [-0.15, -0.1) is 0 Å². The van der Waals surface area contributed by atoms with Gasteiger partial charge in [0.25, 0.3) is 0 Å². The lowest BCUT2D eigenvalue weighted by molar-refractivity contribution is -0.304. The number of aliphatic hydroxyl groups is 6. The Hall–Kier alpha value is -1.15. The minimum absolute atomic E-state index is 0.0382. The number of aliphatic hydroxyl groups excluding tert-OH is 6. The molecule has 0 radical (unpaired) electrons. The topological polar surface area (TPSA) is 175 Å². The van der Waals surface area contributed by atoms with Crippen LogP contribution in [0.4, 0.5) is 0 Å². The van der Waals surface area contributed by atoms with Crippen molar-refractivity contribution in [2.45, 2.75) is 139 Å². The van der Waals surface area contributed by atoms with E-state index in [4.69, 9.17) is 18.9 Å². The van der Waals surface area contributed by atoms with Crippen molar-refractivity contribution in [2.75, 3.05) is 13.2 Å². The molecule has 6 N–H and O–H groups in total. The fourth-order valence-electron chi connectivity index (χ4n) is 10.5. The third kappa shape index (κ3) is 5.02. The third-order valence-electron chi connectivity index (χ3n) is 12.6. The quantitative estimate of drug-likeness (QED) is 0.145. The molecule has 43 heavy (non-hydrogen) atoms. The second-order valence-corrected chi connectivity index (χ2v) is 15.0. The van der Waals surface area contributed by atoms with E-state index in [1.807, 2.05) is 6.92 Å². The van der Waals surface area contributed by atoms with Gasteiger partial charge in [-0.1, -0.05) is 19.9 Å². The van der Waals surface area contributed by atoms with Gasteiger partial charge in [0.1, 0.15) is 24.4 Å². The minimum atomic E-state index is -1.23. The lowest BCUT2D eigenvalue weighted by atomic mass is 9.41. The Morgan fingerprint density at radius 2 is 1.47 bits per heavy atom. The van der Waals surface area contributed by atoms with Gasteiger partial charge in [0.2, 0.25) is 6.29 Å². The zero-order valence-electron chi connectivity index (χ0n) is 25.4. The number of ether oxygens (including phenoxy) is 4. The maximum absolute atomic E-state index is 13.9. The molecule has 11 nitrogen and oxygen atoms in total. The molecule has 1 spiro atoms. The Kier molecular flexibility index (Phi) is 8.34. The van der Waals surface area contributed by atoms with Crippen molar-refractivity contribution in [1.82, 2.24) is 0 Å². The van der Waals surface area contributed by atoms with Crippen LogP contribution in [0.15, 0.2) is 12.2 Å². The van der Waals surface area contributed by atoms with Crippen molar-refractivity contribution in [3.05, 3.63) is 12.2 Å². The van der Waals surface area contributed by atoms with Crippen molar-refractivity contribution in [3.63, 3.8) is 0 Å². The summed E-state index contributed by atoms with van der Waals surface area (Å²) in [7, 11) is 0. The van der Waals surface area contributed by atoms with E-state index in [0.717, 1.165) is 50.5 Å². The summed E-state index contributed by atoms with van der Waals surface area (Å²) in [6, 6.07) is 0. The van der Waals surface area contributed by atoms with Crippen LogP contribution in [0.25, 0.3) is 0 Å². The van der Waals surface area contributed by atoms with Gasteiger partial charge in [-0.3, -0.25) is 4.79 Å². The summed E-state index contributed by atoms with van der Waals surface area (Å²) < 4.78 is 23.8. The number of rotatable bonds is 6. The van der Waals surface area contributed by atoms with E-state index in [0.29, 0.717) is 18.8 Å². The Balaban J connectivity index is 1.20. The predicted octanol–water partition coefficient (Wildman–Crippen LogP) is 1.30. The molecule has 244 valence electrons. The van der Waals surface area contributed by atoms with Crippen LogP contribution in [0.1, 0.15) is 84.5 Å². The summed E-state index contributed by atoms with van der Waals surface area (Å²) in [6.07, 6.45) is -0.597. The summed E-state index contributed by atoms with van der Waals surface area (Å²) in [5.41, 5.74) is -0.604. The molecule has 6 fully saturated rings.